The molecule has 0 spiro atoms. The van der Waals surface area contributed by atoms with Crippen LogP contribution in [0.3, 0.4) is 0 Å². The average Bonchev–Trinajstić information content (AvgIpc) is 3.14. The quantitative estimate of drug-likeness (QED) is 0.457. The lowest BCUT2D eigenvalue weighted by molar-refractivity contribution is -0.115. The van der Waals surface area contributed by atoms with Crippen LogP contribution in [0, 0.1) is 0 Å². The van der Waals surface area contributed by atoms with Crippen LogP contribution in [-0.4, -0.2) is 33.0 Å². The number of carbonyl (C=O) groups is 1. The zero-order chi connectivity index (χ0) is 21.1. The second-order valence-corrected chi connectivity index (χ2v) is 8.18. The molecule has 1 heterocycles. The standard InChI is InChI=1S/C23H22N4O2S/c1-15(22(28)24-20-13-7-9-16-8-4-5-12-19(16)20)30-23-26-25-21(27(23)2)17-10-6-11-18(14-17)29-3/h4-15H,1-3H3,(H,24,28). The van der Waals surface area contributed by atoms with Gasteiger partial charge in [-0.05, 0) is 30.5 Å². The highest BCUT2D eigenvalue weighted by Gasteiger charge is 2.20. The smallest absolute Gasteiger partial charge is 0.237 e. The Kier molecular flexibility index (Phi) is 5.72. The van der Waals surface area contributed by atoms with Crippen molar-refractivity contribution in [2.45, 2.75) is 17.3 Å². The van der Waals surface area contributed by atoms with Crippen molar-refractivity contribution >= 4 is 34.1 Å². The van der Waals surface area contributed by atoms with Crippen molar-refractivity contribution in [1.29, 1.82) is 0 Å². The first-order valence-corrected chi connectivity index (χ1v) is 10.4. The molecule has 7 heteroatoms. The number of fused-ring (bicyclic) bond motifs is 1. The molecule has 152 valence electrons. The number of nitrogens with zero attached hydrogens (tertiary/aromatic N) is 3. The molecule has 6 nitrogen and oxygen atoms in total. The number of aromatic nitrogens is 3. The van der Waals surface area contributed by atoms with Gasteiger partial charge in [0, 0.05) is 23.7 Å². The van der Waals surface area contributed by atoms with Crippen LogP contribution in [0.15, 0.2) is 71.9 Å². The maximum Gasteiger partial charge on any atom is 0.237 e. The Hall–Kier alpha value is -3.32. The first-order valence-electron chi connectivity index (χ1n) is 9.56. The van der Waals surface area contributed by atoms with Crippen LogP contribution in [0.4, 0.5) is 5.69 Å². The van der Waals surface area contributed by atoms with Gasteiger partial charge in [-0.25, -0.2) is 0 Å². The molecule has 1 amide bonds. The van der Waals surface area contributed by atoms with E-state index in [-0.39, 0.29) is 11.2 Å². The highest BCUT2D eigenvalue weighted by molar-refractivity contribution is 8.00. The molecule has 30 heavy (non-hydrogen) atoms. The highest BCUT2D eigenvalue weighted by atomic mass is 32.2. The average molecular weight is 419 g/mol. The van der Waals surface area contributed by atoms with Crippen LogP contribution >= 0.6 is 11.8 Å². The number of ether oxygens (including phenoxy) is 1. The normalized spacial score (nSPS) is 12.0. The summed E-state index contributed by atoms with van der Waals surface area (Å²) in [6.07, 6.45) is 0. The molecule has 0 aliphatic rings. The fourth-order valence-corrected chi connectivity index (χ4v) is 4.03. The number of carbonyl (C=O) groups excluding carboxylic acids is 1. The van der Waals surface area contributed by atoms with Crippen molar-refractivity contribution < 1.29 is 9.53 Å². The Morgan fingerprint density at radius 3 is 2.67 bits per heavy atom. The number of thioether (sulfide) groups is 1. The summed E-state index contributed by atoms with van der Waals surface area (Å²) in [6, 6.07) is 21.5. The predicted octanol–water partition coefficient (Wildman–Crippen LogP) is 4.76. The molecule has 1 aromatic heterocycles. The Morgan fingerprint density at radius 2 is 1.83 bits per heavy atom. The lowest BCUT2D eigenvalue weighted by atomic mass is 10.1. The molecule has 0 radical (unpaired) electrons. The van der Waals surface area contributed by atoms with Crippen molar-refractivity contribution in [2.75, 3.05) is 12.4 Å². The third kappa shape index (κ3) is 4.02. The maximum atomic E-state index is 12.8. The molecule has 0 aliphatic carbocycles. The highest BCUT2D eigenvalue weighted by Crippen LogP contribution is 2.29. The molecule has 1 atom stereocenters. The van der Waals surface area contributed by atoms with E-state index in [4.69, 9.17) is 4.74 Å². The van der Waals surface area contributed by atoms with Crippen LogP contribution in [0.2, 0.25) is 0 Å². The van der Waals surface area contributed by atoms with Gasteiger partial charge in [0.25, 0.3) is 0 Å². The van der Waals surface area contributed by atoms with Gasteiger partial charge < -0.3 is 14.6 Å². The molecule has 0 saturated carbocycles. The molecule has 0 aliphatic heterocycles. The van der Waals surface area contributed by atoms with Gasteiger partial charge in [0.15, 0.2) is 11.0 Å². The van der Waals surface area contributed by atoms with Crippen LogP contribution in [0.1, 0.15) is 6.92 Å². The van der Waals surface area contributed by atoms with Crippen LogP contribution < -0.4 is 10.1 Å². The topological polar surface area (TPSA) is 69.0 Å². The second-order valence-electron chi connectivity index (χ2n) is 6.87. The number of benzene rings is 3. The van der Waals surface area contributed by atoms with Crippen LogP contribution in [0.5, 0.6) is 5.75 Å². The van der Waals surface area contributed by atoms with Crippen molar-refractivity contribution in [2.24, 2.45) is 7.05 Å². The minimum Gasteiger partial charge on any atom is -0.497 e. The zero-order valence-electron chi connectivity index (χ0n) is 17.0. The minimum atomic E-state index is -0.343. The maximum absolute atomic E-state index is 12.8. The lowest BCUT2D eigenvalue weighted by Gasteiger charge is -2.13. The van der Waals surface area contributed by atoms with Crippen molar-refractivity contribution in [3.8, 4) is 17.1 Å². The predicted molar refractivity (Wildman–Crippen MR) is 121 cm³/mol. The zero-order valence-corrected chi connectivity index (χ0v) is 17.8. The third-order valence-electron chi connectivity index (χ3n) is 4.86. The SMILES string of the molecule is COc1cccc(-c2nnc(SC(C)C(=O)Nc3cccc4ccccc34)n2C)c1. The van der Waals surface area contributed by atoms with E-state index < -0.39 is 0 Å². The number of hydrogen-bond acceptors (Lipinski definition) is 5. The van der Waals surface area contributed by atoms with E-state index in [0.29, 0.717) is 5.16 Å². The summed E-state index contributed by atoms with van der Waals surface area (Å²) in [7, 11) is 3.53. The lowest BCUT2D eigenvalue weighted by Crippen LogP contribution is -2.23. The first-order chi connectivity index (χ1) is 14.6. The molecule has 1 N–H and O–H groups in total. The van der Waals surface area contributed by atoms with Gasteiger partial charge >= 0.3 is 0 Å². The van der Waals surface area contributed by atoms with Crippen molar-refractivity contribution in [3.63, 3.8) is 0 Å². The Bertz CT molecular complexity index is 1200. The third-order valence-corrected chi connectivity index (χ3v) is 6.00. The van der Waals surface area contributed by atoms with Crippen LogP contribution in [0.25, 0.3) is 22.2 Å². The summed E-state index contributed by atoms with van der Waals surface area (Å²) < 4.78 is 7.18. The molecule has 1 unspecified atom stereocenters. The minimum absolute atomic E-state index is 0.0812. The van der Waals surface area contributed by atoms with E-state index in [1.54, 1.807) is 7.11 Å². The van der Waals surface area contributed by atoms with Gasteiger partial charge in [-0.3, -0.25) is 4.79 Å². The van der Waals surface area contributed by atoms with Crippen LogP contribution in [-0.2, 0) is 11.8 Å². The van der Waals surface area contributed by atoms with E-state index in [0.717, 1.165) is 33.6 Å². The largest absolute Gasteiger partial charge is 0.497 e. The van der Waals surface area contributed by atoms with Gasteiger partial charge in [-0.2, -0.15) is 0 Å². The molecule has 4 rings (SSSR count). The summed E-state index contributed by atoms with van der Waals surface area (Å²) in [5, 5.41) is 14.1. The van der Waals surface area contributed by atoms with E-state index in [1.165, 1.54) is 11.8 Å². The molecule has 0 fully saturated rings. The summed E-state index contributed by atoms with van der Waals surface area (Å²) in [5.41, 5.74) is 1.71. The van der Waals surface area contributed by atoms with Gasteiger partial charge in [0.05, 0.1) is 12.4 Å². The molecule has 3 aromatic carbocycles. The molecule has 0 bridgehead atoms. The Labute approximate surface area is 179 Å². The number of hydrogen-bond donors (Lipinski definition) is 1. The molecule has 0 saturated heterocycles. The summed E-state index contributed by atoms with van der Waals surface area (Å²) >= 11 is 1.37. The van der Waals surface area contributed by atoms with Gasteiger partial charge in [-0.15, -0.1) is 10.2 Å². The summed E-state index contributed by atoms with van der Waals surface area (Å²) in [6.45, 7) is 1.87. The molecular formula is C23H22N4O2S. The Morgan fingerprint density at radius 1 is 1.07 bits per heavy atom. The van der Waals surface area contributed by atoms with Gasteiger partial charge in [0.2, 0.25) is 5.91 Å². The van der Waals surface area contributed by atoms with Crippen molar-refractivity contribution in [1.82, 2.24) is 14.8 Å². The van der Waals surface area contributed by atoms with Gasteiger partial charge in [-0.1, -0.05) is 60.3 Å². The van der Waals surface area contributed by atoms with E-state index >= 15 is 0 Å². The van der Waals surface area contributed by atoms with E-state index in [2.05, 4.69) is 15.5 Å². The fourth-order valence-electron chi connectivity index (χ4n) is 3.21. The summed E-state index contributed by atoms with van der Waals surface area (Å²) in [4.78, 5) is 12.8. The molecule has 4 aromatic rings. The number of anilines is 1. The van der Waals surface area contributed by atoms with Gasteiger partial charge in [0.1, 0.15) is 5.75 Å². The number of amides is 1. The summed E-state index contributed by atoms with van der Waals surface area (Å²) in [5.74, 6) is 1.40. The van der Waals surface area contributed by atoms with E-state index in [9.17, 15) is 4.79 Å². The second kappa shape index (κ2) is 8.59. The number of methoxy groups -OCH3 is 1. The number of rotatable bonds is 6. The monoisotopic (exact) mass is 418 g/mol. The number of nitrogens with one attached hydrogen (secondary N) is 1. The first kappa shape index (κ1) is 20.0. The Balaban J connectivity index is 1.50. The van der Waals surface area contributed by atoms with E-state index in [1.807, 2.05) is 85.3 Å². The fraction of sp³-hybridized carbons (Fsp3) is 0.174. The van der Waals surface area contributed by atoms with Crippen molar-refractivity contribution in [3.05, 3.63) is 66.7 Å². The molecular weight excluding hydrogens is 396 g/mol.